The number of carbonyl (C=O) groups is 1. The van der Waals surface area contributed by atoms with Gasteiger partial charge in [-0.05, 0) is 30.7 Å². The molecule has 0 radical (unpaired) electrons. The van der Waals surface area contributed by atoms with Crippen LogP contribution in [0.5, 0.6) is 11.5 Å². The second kappa shape index (κ2) is 7.21. The van der Waals surface area contributed by atoms with Crippen LogP contribution in [0, 0.1) is 0 Å². The van der Waals surface area contributed by atoms with Gasteiger partial charge >= 0.3 is 0 Å². The molecule has 1 aliphatic heterocycles. The van der Waals surface area contributed by atoms with Crippen LogP contribution in [0.3, 0.4) is 0 Å². The zero-order valence-corrected chi connectivity index (χ0v) is 13.9. The normalized spacial score (nSPS) is 16.8. The Hall–Kier alpha value is -2.76. The van der Waals surface area contributed by atoms with Gasteiger partial charge in [0.1, 0.15) is 11.5 Å². The molecule has 6 nitrogen and oxygen atoms in total. The fourth-order valence-electron chi connectivity index (χ4n) is 2.89. The topological polar surface area (TPSA) is 63.7 Å². The van der Waals surface area contributed by atoms with Gasteiger partial charge in [-0.25, -0.2) is 0 Å². The first-order valence-corrected chi connectivity index (χ1v) is 7.89. The monoisotopic (exact) mass is 327 g/mol. The number of amides is 1. The molecule has 24 heavy (non-hydrogen) atoms. The number of likely N-dealkylation sites (tertiary alicyclic amines) is 1. The van der Waals surface area contributed by atoms with Crippen LogP contribution >= 0.6 is 0 Å². The summed E-state index contributed by atoms with van der Waals surface area (Å²) in [6.07, 6.45) is 4.43. The molecular formula is C18H21N3O3. The van der Waals surface area contributed by atoms with E-state index in [0.29, 0.717) is 30.2 Å². The van der Waals surface area contributed by atoms with Gasteiger partial charge in [-0.15, -0.1) is 0 Å². The van der Waals surface area contributed by atoms with Gasteiger partial charge in [0.15, 0.2) is 0 Å². The van der Waals surface area contributed by atoms with E-state index in [4.69, 9.17) is 9.47 Å². The molecular weight excluding hydrogens is 306 g/mol. The summed E-state index contributed by atoms with van der Waals surface area (Å²) in [5, 5.41) is 3.42. The quantitative estimate of drug-likeness (QED) is 0.914. The van der Waals surface area contributed by atoms with Gasteiger partial charge < -0.3 is 19.7 Å². The van der Waals surface area contributed by atoms with E-state index in [1.54, 1.807) is 44.8 Å². The highest BCUT2D eigenvalue weighted by atomic mass is 16.5. The molecule has 1 aromatic carbocycles. The number of hydrogen-bond acceptors (Lipinski definition) is 5. The SMILES string of the molecule is COc1ccc(C(=O)N2CC[C@@H](Nc3cccnc3)C2)c(OC)c1. The molecule has 0 aliphatic carbocycles. The number of benzene rings is 1. The molecule has 2 aromatic rings. The highest BCUT2D eigenvalue weighted by molar-refractivity contribution is 5.97. The maximum absolute atomic E-state index is 12.8. The Morgan fingerprint density at radius 2 is 2.17 bits per heavy atom. The van der Waals surface area contributed by atoms with E-state index in [9.17, 15) is 4.79 Å². The average Bonchev–Trinajstić information content (AvgIpc) is 3.09. The van der Waals surface area contributed by atoms with Gasteiger partial charge in [-0.2, -0.15) is 0 Å². The van der Waals surface area contributed by atoms with Crippen molar-refractivity contribution in [2.75, 3.05) is 32.6 Å². The lowest BCUT2D eigenvalue weighted by molar-refractivity contribution is 0.0788. The van der Waals surface area contributed by atoms with E-state index in [1.807, 2.05) is 17.0 Å². The summed E-state index contributed by atoms with van der Waals surface area (Å²) in [4.78, 5) is 18.7. The van der Waals surface area contributed by atoms with Gasteiger partial charge in [0, 0.05) is 37.6 Å². The summed E-state index contributed by atoms with van der Waals surface area (Å²) in [6, 6.07) is 9.35. The summed E-state index contributed by atoms with van der Waals surface area (Å²) in [6.45, 7) is 1.37. The average molecular weight is 327 g/mol. The number of ether oxygens (including phenoxy) is 2. The maximum atomic E-state index is 12.8. The molecule has 0 spiro atoms. The number of hydrogen-bond donors (Lipinski definition) is 1. The van der Waals surface area contributed by atoms with Crippen molar-refractivity contribution >= 4 is 11.6 Å². The van der Waals surface area contributed by atoms with Gasteiger partial charge in [0.2, 0.25) is 0 Å². The largest absolute Gasteiger partial charge is 0.497 e. The number of methoxy groups -OCH3 is 2. The fourth-order valence-corrected chi connectivity index (χ4v) is 2.89. The second-order valence-corrected chi connectivity index (χ2v) is 5.69. The molecule has 2 heterocycles. The first kappa shape index (κ1) is 16.1. The van der Waals surface area contributed by atoms with E-state index in [0.717, 1.165) is 12.1 Å². The van der Waals surface area contributed by atoms with E-state index >= 15 is 0 Å². The van der Waals surface area contributed by atoms with Gasteiger partial charge in [0.05, 0.1) is 25.5 Å². The number of nitrogens with one attached hydrogen (secondary N) is 1. The predicted octanol–water partition coefficient (Wildman–Crippen LogP) is 2.43. The van der Waals surface area contributed by atoms with Crippen molar-refractivity contribution in [3.63, 3.8) is 0 Å². The summed E-state index contributed by atoms with van der Waals surface area (Å²) < 4.78 is 10.5. The Morgan fingerprint density at radius 3 is 2.88 bits per heavy atom. The lowest BCUT2D eigenvalue weighted by atomic mass is 10.1. The second-order valence-electron chi connectivity index (χ2n) is 5.69. The molecule has 1 atom stereocenters. The third-order valence-corrected chi connectivity index (χ3v) is 4.15. The van der Waals surface area contributed by atoms with E-state index < -0.39 is 0 Å². The Morgan fingerprint density at radius 1 is 1.29 bits per heavy atom. The molecule has 1 N–H and O–H groups in total. The highest BCUT2D eigenvalue weighted by Gasteiger charge is 2.28. The first-order chi connectivity index (χ1) is 11.7. The molecule has 0 unspecified atom stereocenters. The Balaban J connectivity index is 1.68. The van der Waals surface area contributed by atoms with Crippen LogP contribution in [-0.4, -0.2) is 49.1 Å². The molecule has 0 bridgehead atoms. The Bertz CT molecular complexity index is 706. The Kier molecular flexibility index (Phi) is 4.84. The molecule has 126 valence electrons. The zero-order chi connectivity index (χ0) is 16.9. The zero-order valence-electron chi connectivity index (χ0n) is 13.9. The van der Waals surface area contributed by atoms with Crippen LogP contribution in [0.25, 0.3) is 0 Å². The number of nitrogens with zero attached hydrogens (tertiary/aromatic N) is 2. The maximum Gasteiger partial charge on any atom is 0.257 e. The standard InChI is InChI=1S/C18H21N3O3/c1-23-15-5-6-16(17(10-15)24-2)18(22)21-9-7-14(12-21)20-13-4-3-8-19-11-13/h3-6,8,10-11,14,20H,7,9,12H2,1-2H3/t14-/m1/s1. The van der Waals surface area contributed by atoms with Crippen molar-refractivity contribution in [2.24, 2.45) is 0 Å². The van der Waals surface area contributed by atoms with Crippen LogP contribution in [0.4, 0.5) is 5.69 Å². The summed E-state index contributed by atoms with van der Waals surface area (Å²) >= 11 is 0. The van der Waals surface area contributed by atoms with E-state index in [2.05, 4.69) is 10.3 Å². The van der Waals surface area contributed by atoms with Crippen LogP contribution in [-0.2, 0) is 0 Å². The smallest absolute Gasteiger partial charge is 0.257 e. The summed E-state index contributed by atoms with van der Waals surface area (Å²) in [5.41, 5.74) is 1.53. The van der Waals surface area contributed by atoms with Crippen LogP contribution < -0.4 is 14.8 Å². The third kappa shape index (κ3) is 3.42. The van der Waals surface area contributed by atoms with Crippen LogP contribution in [0.1, 0.15) is 16.8 Å². The summed E-state index contributed by atoms with van der Waals surface area (Å²) in [5.74, 6) is 1.17. The van der Waals surface area contributed by atoms with E-state index in [1.165, 1.54) is 0 Å². The number of aromatic nitrogens is 1. The molecule has 1 aliphatic rings. The molecule has 6 heteroatoms. The van der Waals surface area contributed by atoms with Crippen molar-refractivity contribution in [1.29, 1.82) is 0 Å². The molecule has 3 rings (SSSR count). The summed E-state index contributed by atoms with van der Waals surface area (Å²) in [7, 11) is 3.15. The van der Waals surface area contributed by atoms with Crippen molar-refractivity contribution < 1.29 is 14.3 Å². The highest BCUT2D eigenvalue weighted by Crippen LogP contribution is 2.27. The lowest BCUT2D eigenvalue weighted by Gasteiger charge is -2.19. The van der Waals surface area contributed by atoms with Crippen molar-refractivity contribution in [3.05, 3.63) is 48.3 Å². The van der Waals surface area contributed by atoms with Crippen molar-refractivity contribution in [1.82, 2.24) is 9.88 Å². The number of rotatable bonds is 5. The van der Waals surface area contributed by atoms with Gasteiger partial charge in [0.25, 0.3) is 5.91 Å². The van der Waals surface area contributed by atoms with Crippen molar-refractivity contribution in [2.45, 2.75) is 12.5 Å². The Labute approximate surface area is 141 Å². The molecule has 1 fully saturated rings. The number of anilines is 1. The minimum atomic E-state index is -0.0232. The third-order valence-electron chi connectivity index (χ3n) is 4.15. The first-order valence-electron chi connectivity index (χ1n) is 7.89. The number of carbonyl (C=O) groups excluding carboxylic acids is 1. The molecule has 1 aromatic heterocycles. The fraction of sp³-hybridized carbons (Fsp3) is 0.333. The number of pyridine rings is 1. The van der Waals surface area contributed by atoms with Crippen molar-refractivity contribution in [3.8, 4) is 11.5 Å². The van der Waals surface area contributed by atoms with E-state index in [-0.39, 0.29) is 11.9 Å². The molecule has 1 saturated heterocycles. The minimum absolute atomic E-state index is 0.0232. The van der Waals surface area contributed by atoms with Crippen LogP contribution in [0.15, 0.2) is 42.7 Å². The van der Waals surface area contributed by atoms with Gasteiger partial charge in [-0.3, -0.25) is 9.78 Å². The molecule has 0 saturated carbocycles. The molecule has 1 amide bonds. The van der Waals surface area contributed by atoms with Crippen LogP contribution in [0.2, 0.25) is 0 Å². The van der Waals surface area contributed by atoms with Gasteiger partial charge in [-0.1, -0.05) is 0 Å². The lowest BCUT2D eigenvalue weighted by Crippen LogP contribution is -2.31. The minimum Gasteiger partial charge on any atom is -0.497 e. The predicted molar refractivity (Wildman–Crippen MR) is 91.7 cm³/mol.